The molecule has 0 radical (unpaired) electrons. The normalized spacial score (nSPS) is 11.6. The maximum Gasteiger partial charge on any atom is 0.281 e. The van der Waals surface area contributed by atoms with E-state index in [1.54, 1.807) is 25.3 Å². The molecule has 1 heterocycles. The molecule has 0 spiro atoms. The summed E-state index contributed by atoms with van der Waals surface area (Å²) in [4.78, 5) is 0. The van der Waals surface area contributed by atoms with Crippen LogP contribution in [0.1, 0.15) is 5.56 Å². The second-order valence-electron chi connectivity index (χ2n) is 4.00. The summed E-state index contributed by atoms with van der Waals surface area (Å²) in [5.74, 6) is 0. The topological polar surface area (TPSA) is 86.1 Å². The Labute approximate surface area is 125 Å². The first kappa shape index (κ1) is 14.9. The van der Waals surface area contributed by atoms with Gasteiger partial charge in [0, 0.05) is 19.7 Å². The minimum absolute atomic E-state index is 0.0373. The first-order chi connectivity index (χ1) is 9.45. The van der Waals surface area contributed by atoms with Gasteiger partial charge in [0.2, 0.25) is 5.03 Å². The highest BCUT2D eigenvalue weighted by molar-refractivity contribution is 9.10. The average molecular weight is 361 g/mol. The van der Waals surface area contributed by atoms with E-state index in [-0.39, 0.29) is 9.63 Å². The van der Waals surface area contributed by atoms with Crippen molar-refractivity contribution in [3.8, 4) is 0 Å². The van der Waals surface area contributed by atoms with Crippen LogP contribution in [0.5, 0.6) is 0 Å². The van der Waals surface area contributed by atoms with Gasteiger partial charge in [0.05, 0.1) is 12.3 Å². The molecule has 1 aromatic carbocycles. The highest BCUT2D eigenvalue weighted by Gasteiger charge is 2.24. The van der Waals surface area contributed by atoms with Crippen molar-refractivity contribution in [1.82, 2.24) is 15.0 Å². The molecule has 1 N–H and O–H groups in total. The Bertz CT molecular complexity index is 695. The Balaban J connectivity index is 2.39. The first-order valence-corrected chi connectivity index (χ1v) is 7.88. The minimum Gasteiger partial charge on any atom is -0.380 e. The van der Waals surface area contributed by atoms with Crippen LogP contribution in [0.25, 0.3) is 0 Å². The van der Waals surface area contributed by atoms with Crippen molar-refractivity contribution in [3.63, 3.8) is 0 Å². The standard InChI is InChI=1S/C11H13BrN4O3S/c1-16-11(10(12)13-15-16)20(17,18)14-9-6-4-3-5-8(9)7-19-2/h3-6,14H,7H2,1-2H3. The zero-order valence-corrected chi connectivity index (χ0v) is 13.3. The lowest BCUT2D eigenvalue weighted by molar-refractivity contribution is 0.185. The maximum atomic E-state index is 12.4. The number of benzene rings is 1. The number of nitrogens with one attached hydrogen (secondary N) is 1. The number of aromatic nitrogens is 3. The fraction of sp³-hybridized carbons (Fsp3) is 0.273. The molecule has 0 fully saturated rings. The van der Waals surface area contributed by atoms with Gasteiger partial charge in [-0.1, -0.05) is 23.4 Å². The number of methoxy groups -OCH3 is 1. The zero-order valence-electron chi connectivity index (χ0n) is 10.9. The summed E-state index contributed by atoms with van der Waals surface area (Å²) in [5.41, 5.74) is 1.20. The molecule has 108 valence electrons. The molecule has 7 nitrogen and oxygen atoms in total. The molecule has 2 rings (SSSR count). The van der Waals surface area contributed by atoms with E-state index in [1.807, 2.05) is 6.07 Å². The van der Waals surface area contributed by atoms with E-state index in [2.05, 4.69) is 31.0 Å². The van der Waals surface area contributed by atoms with Gasteiger partial charge >= 0.3 is 0 Å². The number of aryl methyl sites for hydroxylation is 1. The molecule has 9 heteroatoms. The van der Waals surface area contributed by atoms with Gasteiger partial charge in [-0.15, -0.1) is 5.10 Å². The van der Waals surface area contributed by atoms with Crippen LogP contribution >= 0.6 is 15.9 Å². The molecule has 0 amide bonds. The van der Waals surface area contributed by atoms with Crippen LogP contribution in [0.4, 0.5) is 5.69 Å². The van der Waals surface area contributed by atoms with E-state index < -0.39 is 10.0 Å². The molecule has 0 aliphatic rings. The van der Waals surface area contributed by atoms with E-state index >= 15 is 0 Å². The van der Waals surface area contributed by atoms with E-state index in [4.69, 9.17) is 4.74 Å². The number of halogens is 1. The lowest BCUT2D eigenvalue weighted by Gasteiger charge is -2.12. The Morgan fingerprint density at radius 1 is 1.40 bits per heavy atom. The van der Waals surface area contributed by atoms with Crippen molar-refractivity contribution in [3.05, 3.63) is 34.4 Å². The number of sulfonamides is 1. The predicted molar refractivity (Wildman–Crippen MR) is 76.7 cm³/mol. The summed E-state index contributed by atoms with van der Waals surface area (Å²) in [6.45, 7) is 0.309. The zero-order chi connectivity index (χ0) is 14.8. The second-order valence-corrected chi connectivity index (χ2v) is 6.35. The number of anilines is 1. The molecule has 0 saturated heterocycles. The van der Waals surface area contributed by atoms with Gasteiger partial charge in [-0.25, -0.2) is 4.68 Å². The van der Waals surface area contributed by atoms with Crippen molar-refractivity contribution in [2.24, 2.45) is 7.05 Å². The summed E-state index contributed by atoms with van der Waals surface area (Å²) in [6.07, 6.45) is 0. The second kappa shape index (κ2) is 5.90. The summed E-state index contributed by atoms with van der Waals surface area (Å²) in [7, 11) is -0.731. The van der Waals surface area contributed by atoms with Gasteiger partial charge < -0.3 is 4.74 Å². The third kappa shape index (κ3) is 3.00. The summed E-state index contributed by atoms with van der Waals surface area (Å²) in [5, 5.41) is 7.29. The van der Waals surface area contributed by atoms with Crippen LogP contribution in [-0.2, 0) is 28.4 Å². The lowest BCUT2D eigenvalue weighted by atomic mass is 10.2. The fourth-order valence-corrected chi connectivity index (χ4v) is 3.90. The van der Waals surface area contributed by atoms with Crippen molar-refractivity contribution in [1.29, 1.82) is 0 Å². The van der Waals surface area contributed by atoms with Gasteiger partial charge in [0.15, 0.2) is 4.60 Å². The molecule has 0 atom stereocenters. The summed E-state index contributed by atoms with van der Waals surface area (Å²) >= 11 is 3.08. The molecule has 0 saturated carbocycles. The highest BCUT2D eigenvalue weighted by Crippen LogP contribution is 2.23. The number of hydrogen-bond donors (Lipinski definition) is 1. The molecule has 0 aliphatic heterocycles. The maximum absolute atomic E-state index is 12.4. The Morgan fingerprint density at radius 3 is 2.70 bits per heavy atom. The van der Waals surface area contributed by atoms with Gasteiger partial charge in [-0.3, -0.25) is 4.72 Å². The third-order valence-corrected chi connectivity index (χ3v) is 4.81. The molecular weight excluding hydrogens is 348 g/mol. The monoisotopic (exact) mass is 360 g/mol. The minimum atomic E-state index is -3.79. The molecule has 0 bridgehead atoms. The summed E-state index contributed by atoms with van der Waals surface area (Å²) < 4.78 is 33.7. The smallest absolute Gasteiger partial charge is 0.281 e. The lowest BCUT2D eigenvalue weighted by Crippen LogP contribution is -2.18. The van der Waals surface area contributed by atoms with E-state index in [1.165, 1.54) is 11.7 Å². The molecule has 2 aromatic rings. The molecule has 1 aromatic heterocycles. The highest BCUT2D eigenvalue weighted by atomic mass is 79.9. The fourth-order valence-electron chi connectivity index (χ4n) is 1.70. The van der Waals surface area contributed by atoms with Crippen LogP contribution in [0.3, 0.4) is 0 Å². The quantitative estimate of drug-likeness (QED) is 0.873. The average Bonchev–Trinajstić information content (AvgIpc) is 2.72. The van der Waals surface area contributed by atoms with Gasteiger partial charge in [0.1, 0.15) is 0 Å². The van der Waals surface area contributed by atoms with Crippen LogP contribution in [0.2, 0.25) is 0 Å². The van der Waals surface area contributed by atoms with E-state index in [0.29, 0.717) is 12.3 Å². The first-order valence-electron chi connectivity index (χ1n) is 5.60. The Kier molecular flexibility index (Phi) is 4.41. The Morgan fingerprint density at radius 2 is 2.10 bits per heavy atom. The molecule has 20 heavy (non-hydrogen) atoms. The van der Waals surface area contributed by atoms with Gasteiger partial charge in [0.25, 0.3) is 10.0 Å². The van der Waals surface area contributed by atoms with Crippen molar-refractivity contribution < 1.29 is 13.2 Å². The van der Waals surface area contributed by atoms with Crippen LogP contribution < -0.4 is 4.72 Å². The van der Waals surface area contributed by atoms with Gasteiger partial charge in [-0.05, 0) is 22.0 Å². The van der Waals surface area contributed by atoms with Crippen molar-refractivity contribution in [2.45, 2.75) is 11.6 Å². The number of hydrogen-bond acceptors (Lipinski definition) is 5. The SMILES string of the molecule is COCc1ccccc1NS(=O)(=O)c1c(Br)nnn1C. The largest absolute Gasteiger partial charge is 0.380 e. The predicted octanol–water partition coefficient (Wildman–Crippen LogP) is 1.52. The molecular formula is C11H13BrN4O3S. The van der Waals surface area contributed by atoms with Crippen LogP contribution in [0.15, 0.2) is 33.9 Å². The number of ether oxygens (including phenoxy) is 1. The molecule has 0 unspecified atom stereocenters. The number of nitrogens with zero attached hydrogens (tertiary/aromatic N) is 3. The van der Waals surface area contributed by atoms with Gasteiger partial charge in [-0.2, -0.15) is 8.42 Å². The van der Waals surface area contributed by atoms with Crippen molar-refractivity contribution in [2.75, 3.05) is 11.8 Å². The third-order valence-electron chi connectivity index (χ3n) is 2.55. The van der Waals surface area contributed by atoms with Crippen molar-refractivity contribution >= 4 is 31.6 Å². The van der Waals surface area contributed by atoms with E-state index in [9.17, 15) is 8.42 Å². The summed E-state index contributed by atoms with van der Waals surface area (Å²) in [6, 6.07) is 7.02. The van der Waals surface area contributed by atoms with Crippen LogP contribution in [0, 0.1) is 0 Å². The van der Waals surface area contributed by atoms with Crippen LogP contribution in [-0.4, -0.2) is 30.5 Å². The van der Waals surface area contributed by atoms with E-state index in [0.717, 1.165) is 5.56 Å². The molecule has 0 aliphatic carbocycles. The Hall–Kier alpha value is -1.45. The number of para-hydroxylation sites is 1. The number of rotatable bonds is 5.